The van der Waals surface area contributed by atoms with Crippen molar-refractivity contribution in [3.8, 4) is 0 Å². The molecule has 15 heavy (non-hydrogen) atoms. The molecule has 0 unspecified atom stereocenters. The van der Waals surface area contributed by atoms with Gasteiger partial charge in [0.1, 0.15) is 0 Å². The van der Waals surface area contributed by atoms with Gasteiger partial charge < -0.3 is 0 Å². The molecule has 3 saturated carbocycles. The maximum atomic E-state index is 2.53. The Kier molecular flexibility index (Phi) is 2.05. The summed E-state index contributed by atoms with van der Waals surface area (Å²) in [6.45, 7) is 10.1. The highest BCUT2D eigenvalue weighted by Gasteiger charge is 2.64. The lowest BCUT2D eigenvalue weighted by atomic mass is 9.77. The molecule has 0 nitrogen and oxygen atoms in total. The second kappa shape index (κ2) is 3.02. The van der Waals surface area contributed by atoms with Gasteiger partial charge in [0.05, 0.1) is 0 Å². The summed E-state index contributed by atoms with van der Waals surface area (Å²) in [5, 5.41) is 0. The van der Waals surface area contributed by atoms with Gasteiger partial charge in [0, 0.05) is 0 Å². The van der Waals surface area contributed by atoms with E-state index in [1.165, 1.54) is 25.7 Å². The van der Waals surface area contributed by atoms with Crippen molar-refractivity contribution in [3.05, 3.63) is 0 Å². The fraction of sp³-hybridized carbons (Fsp3) is 1.00. The van der Waals surface area contributed by atoms with Gasteiger partial charge in [-0.3, -0.25) is 0 Å². The van der Waals surface area contributed by atoms with Crippen LogP contribution in [0.1, 0.15) is 53.4 Å². The van der Waals surface area contributed by atoms with E-state index < -0.39 is 0 Å². The summed E-state index contributed by atoms with van der Waals surface area (Å²) in [6.07, 6.45) is 6.09. The zero-order valence-corrected chi connectivity index (χ0v) is 10.8. The average Bonchev–Trinajstić information content (AvgIpc) is 2.55. The molecule has 0 aliphatic heterocycles. The van der Waals surface area contributed by atoms with E-state index in [1.807, 2.05) is 0 Å². The summed E-state index contributed by atoms with van der Waals surface area (Å²) in [7, 11) is 0. The number of hydrogen-bond acceptors (Lipinski definition) is 0. The van der Waals surface area contributed by atoms with Crippen LogP contribution in [-0.4, -0.2) is 0 Å². The standard InChI is InChI=1S/C15H26/c1-9-6-8-12-14(15(12,3)4)13-10(2)5-7-11(9)13/h9-14H,5-8H2,1-4H3/t9-,10+,11+,12+,13+,14+/m0/s1. The predicted octanol–water partition coefficient (Wildman–Crippen LogP) is 4.35. The molecule has 0 spiro atoms. The molecule has 0 heterocycles. The highest BCUT2D eigenvalue weighted by atomic mass is 14.7. The molecule has 0 aromatic heterocycles. The fourth-order valence-electron chi connectivity index (χ4n) is 5.31. The monoisotopic (exact) mass is 206 g/mol. The molecule has 3 fully saturated rings. The second-order valence-electron chi connectivity index (χ2n) is 7.30. The van der Waals surface area contributed by atoms with Gasteiger partial charge in [0.2, 0.25) is 0 Å². The first-order valence-corrected chi connectivity index (χ1v) is 7.03. The minimum atomic E-state index is 0.696. The van der Waals surface area contributed by atoms with Gasteiger partial charge in [0.25, 0.3) is 0 Å². The van der Waals surface area contributed by atoms with Crippen molar-refractivity contribution in [1.82, 2.24) is 0 Å². The normalized spacial score (nSPS) is 56.8. The Morgan fingerprint density at radius 1 is 0.867 bits per heavy atom. The van der Waals surface area contributed by atoms with E-state index in [0.717, 1.165) is 35.5 Å². The molecule has 0 bridgehead atoms. The lowest BCUT2D eigenvalue weighted by Crippen LogP contribution is -2.22. The minimum absolute atomic E-state index is 0.696. The third-order valence-corrected chi connectivity index (χ3v) is 6.32. The van der Waals surface area contributed by atoms with Crippen molar-refractivity contribution in [2.24, 2.45) is 40.9 Å². The third kappa shape index (κ3) is 1.26. The molecule has 0 heteroatoms. The molecular weight excluding hydrogens is 180 g/mol. The van der Waals surface area contributed by atoms with Crippen LogP contribution >= 0.6 is 0 Å². The summed E-state index contributed by atoms with van der Waals surface area (Å²) in [5.41, 5.74) is 0.696. The molecule has 3 aliphatic rings. The largest absolute Gasteiger partial charge is 0.0622 e. The molecule has 3 aliphatic carbocycles. The Morgan fingerprint density at radius 3 is 2.27 bits per heavy atom. The molecule has 0 radical (unpaired) electrons. The van der Waals surface area contributed by atoms with Gasteiger partial charge in [0.15, 0.2) is 0 Å². The van der Waals surface area contributed by atoms with Gasteiger partial charge in [-0.15, -0.1) is 0 Å². The van der Waals surface area contributed by atoms with E-state index in [-0.39, 0.29) is 0 Å². The first-order valence-electron chi connectivity index (χ1n) is 7.03. The minimum Gasteiger partial charge on any atom is -0.0622 e. The van der Waals surface area contributed by atoms with Crippen LogP contribution in [0.5, 0.6) is 0 Å². The highest BCUT2D eigenvalue weighted by Crippen LogP contribution is 2.70. The topological polar surface area (TPSA) is 0 Å². The van der Waals surface area contributed by atoms with Gasteiger partial charge in [-0.05, 0) is 53.8 Å². The van der Waals surface area contributed by atoms with Gasteiger partial charge in [-0.25, -0.2) is 0 Å². The Hall–Kier alpha value is 0. The van der Waals surface area contributed by atoms with Gasteiger partial charge >= 0.3 is 0 Å². The lowest BCUT2D eigenvalue weighted by Gasteiger charge is -2.28. The summed E-state index contributed by atoms with van der Waals surface area (Å²) in [4.78, 5) is 0. The average molecular weight is 206 g/mol. The van der Waals surface area contributed by atoms with Crippen LogP contribution in [0.2, 0.25) is 0 Å². The molecule has 0 amide bonds. The number of hydrogen-bond donors (Lipinski definition) is 0. The van der Waals surface area contributed by atoms with E-state index in [4.69, 9.17) is 0 Å². The van der Waals surface area contributed by atoms with Crippen LogP contribution in [0.25, 0.3) is 0 Å². The van der Waals surface area contributed by atoms with Gasteiger partial charge in [-0.1, -0.05) is 40.5 Å². The summed E-state index contributed by atoms with van der Waals surface area (Å²) in [5.74, 6) is 6.37. The molecule has 0 aromatic carbocycles. The van der Waals surface area contributed by atoms with Crippen molar-refractivity contribution in [2.75, 3.05) is 0 Å². The van der Waals surface area contributed by atoms with Crippen molar-refractivity contribution in [3.63, 3.8) is 0 Å². The van der Waals surface area contributed by atoms with E-state index in [1.54, 1.807) is 0 Å². The lowest BCUT2D eigenvalue weighted by molar-refractivity contribution is 0.202. The van der Waals surface area contributed by atoms with E-state index in [2.05, 4.69) is 27.7 Å². The smallest absolute Gasteiger partial charge is 0.0289 e. The van der Waals surface area contributed by atoms with Crippen molar-refractivity contribution >= 4 is 0 Å². The fourth-order valence-corrected chi connectivity index (χ4v) is 5.31. The van der Waals surface area contributed by atoms with Crippen LogP contribution in [0.3, 0.4) is 0 Å². The zero-order valence-electron chi connectivity index (χ0n) is 10.8. The van der Waals surface area contributed by atoms with Crippen molar-refractivity contribution in [1.29, 1.82) is 0 Å². The molecule has 0 N–H and O–H groups in total. The Bertz CT molecular complexity index is 265. The van der Waals surface area contributed by atoms with Gasteiger partial charge in [-0.2, -0.15) is 0 Å². The van der Waals surface area contributed by atoms with Crippen LogP contribution in [0.4, 0.5) is 0 Å². The molecule has 6 atom stereocenters. The Labute approximate surface area is 94.8 Å². The van der Waals surface area contributed by atoms with Crippen molar-refractivity contribution < 1.29 is 0 Å². The SMILES string of the molecule is C[C@@H]1CC[C@H]2[C@@H]1[C@H]1[C@@H](CC[C@@H]2C)C1(C)C. The second-order valence-corrected chi connectivity index (χ2v) is 7.30. The number of fused-ring (bicyclic) bond motifs is 3. The van der Waals surface area contributed by atoms with Crippen LogP contribution < -0.4 is 0 Å². The maximum Gasteiger partial charge on any atom is -0.0289 e. The van der Waals surface area contributed by atoms with E-state index in [9.17, 15) is 0 Å². The molecule has 0 saturated heterocycles. The predicted molar refractivity (Wildman–Crippen MR) is 64.5 cm³/mol. The Morgan fingerprint density at radius 2 is 1.53 bits per heavy atom. The first-order chi connectivity index (χ1) is 7.03. The Balaban J connectivity index is 1.90. The molecule has 0 aromatic rings. The third-order valence-electron chi connectivity index (χ3n) is 6.32. The number of rotatable bonds is 0. The summed E-state index contributed by atoms with van der Waals surface area (Å²) in [6, 6.07) is 0. The quantitative estimate of drug-likeness (QED) is 0.553. The van der Waals surface area contributed by atoms with Crippen LogP contribution in [-0.2, 0) is 0 Å². The van der Waals surface area contributed by atoms with E-state index >= 15 is 0 Å². The highest BCUT2D eigenvalue weighted by molar-refractivity contribution is 5.12. The summed E-state index contributed by atoms with van der Waals surface area (Å²) >= 11 is 0. The first kappa shape index (κ1) is 10.2. The van der Waals surface area contributed by atoms with E-state index in [0.29, 0.717) is 5.41 Å². The molecule has 86 valence electrons. The summed E-state index contributed by atoms with van der Waals surface area (Å²) < 4.78 is 0. The van der Waals surface area contributed by atoms with Crippen LogP contribution in [0.15, 0.2) is 0 Å². The maximum absolute atomic E-state index is 2.53. The van der Waals surface area contributed by atoms with Crippen LogP contribution in [0, 0.1) is 40.9 Å². The molecular formula is C15H26. The zero-order chi connectivity index (χ0) is 10.8. The van der Waals surface area contributed by atoms with Crippen molar-refractivity contribution in [2.45, 2.75) is 53.4 Å². The molecule has 3 rings (SSSR count).